The van der Waals surface area contributed by atoms with Crippen molar-refractivity contribution in [1.82, 2.24) is 0 Å². The van der Waals surface area contributed by atoms with Gasteiger partial charge in [-0.3, -0.25) is 4.79 Å². The lowest BCUT2D eigenvalue weighted by Gasteiger charge is -2.16. The number of rotatable bonds is 3. The van der Waals surface area contributed by atoms with Crippen LogP contribution in [0.25, 0.3) is 0 Å². The molecule has 1 saturated carbocycles. The molecule has 1 amide bonds. The fraction of sp³-hybridized carbons (Fsp3) is 0.188. The van der Waals surface area contributed by atoms with Gasteiger partial charge in [0, 0.05) is 5.02 Å². The molecule has 0 aliphatic heterocycles. The van der Waals surface area contributed by atoms with Crippen LogP contribution in [0.5, 0.6) is 0 Å². The Balaban J connectivity index is 1.84. The molecule has 1 aliphatic rings. The average molecular weight is 306 g/mol. The zero-order valence-electron chi connectivity index (χ0n) is 10.7. The Morgan fingerprint density at radius 2 is 1.65 bits per heavy atom. The van der Waals surface area contributed by atoms with Gasteiger partial charge in [0.05, 0.1) is 16.1 Å². The van der Waals surface area contributed by atoms with Gasteiger partial charge in [0.15, 0.2) is 0 Å². The predicted octanol–water partition coefficient (Wildman–Crippen LogP) is 4.66. The molecule has 2 aromatic carbocycles. The van der Waals surface area contributed by atoms with Gasteiger partial charge in [-0.15, -0.1) is 0 Å². The lowest BCUT2D eigenvalue weighted by molar-refractivity contribution is -0.118. The van der Waals surface area contributed by atoms with Gasteiger partial charge in [-0.05, 0) is 42.7 Å². The zero-order chi connectivity index (χ0) is 14.2. The van der Waals surface area contributed by atoms with Crippen LogP contribution in [-0.4, -0.2) is 5.91 Å². The number of carbonyl (C=O) groups excluding carboxylic acids is 1. The van der Waals surface area contributed by atoms with Gasteiger partial charge in [-0.25, -0.2) is 0 Å². The summed E-state index contributed by atoms with van der Waals surface area (Å²) in [6.45, 7) is 0. The van der Waals surface area contributed by atoms with Crippen LogP contribution in [0.2, 0.25) is 10.0 Å². The third-order valence-electron chi connectivity index (χ3n) is 3.70. The van der Waals surface area contributed by atoms with Crippen molar-refractivity contribution in [3.8, 4) is 0 Å². The molecule has 0 spiro atoms. The van der Waals surface area contributed by atoms with Crippen molar-refractivity contribution in [2.45, 2.75) is 18.3 Å². The molecule has 0 bridgehead atoms. The quantitative estimate of drug-likeness (QED) is 0.877. The molecule has 0 unspecified atom stereocenters. The summed E-state index contributed by atoms with van der Waals surface area (Å²) < 4.78 is 0. The van der Waals surface area contributed by atoms with Crippen molar-refractivity contribution >= 4 is 34.8 Å². The molecule has 2 aromatic rings. The van der Waals surface area contributed by atoms with Crippen LogP contribution in [0.3, 0.4) is 0 Å². The van der Waals surface area contributed by atoms with Crippen molar-refractivity contribution in [1.29, 1.82) is 0 Å². The first-order chi connectivity index (χ1) is 9.62. The molecular weight excluding hydrogens is 293 g/mol. The van der Waals surface area contributed by atoms with Crippen LogP contribution in [0, 0.1) is 0 Å². The molecule has 1 N–H and O–H groups in total. The molecule has 0 atom stereocenters. The van der Waals surface area contributed by atoms with Crippen LogP contribution in [-0.2, 0) is 10.2 Å². The average Bonchev–Trinajstić information content (AvgIpc) is 3.24. The Morgan fingerprint density at radius 3 is 2.25 bits per heavy atom. The molecule has 0 saturated heterocycles. The zero-order valence-corrected chi connectivity index (χ0v) is 12.2. The summed E-state index contributed by atoms with van der Waals surface area (Å²) in [7, 11) is 0. The van der Waals surface area contributed by atoms with Crippen LogP contribution in [0.1, 0.15) is 18.4 Å². The van der Waals surface area contributed by atoms with E-state index < -0.39 is 5.41 Å². The third kappa shape index (κ3) is 2.41. The molecule has 2 nitrogen and oxygen atoms in total. The molecule has 20 heavy (non-hydrogen) atoms. The van der Waals surface area contributed by atoms with Crippen molar-refractivity contribution in [2.75, 3.05) is 5.32 Å². The first kappa shape index (κ1) is 13.5. The lowest BCUT2D eigenvalue weighted by Crippen LogP contribution is -2.27. The second-order valence-corrected chi connectivity index (χ2v) is 5.87. The van der Waals surface area contributed by atoms with Crippen LogP contribution in [0.4, 0.5) is 5.69 Å². The van der Waals surface area contributed by atoms with Crippen molar-refractivity contribution in [2.24, 2.45) is 0 Å². The molecule has 1 aliphatic carbocycles. The van der Waals surface area contributed by atoms with E-state index in [1.807, 2.05) is 36.4 Å². The fourth-order valence-corrected chi connectivity index (χ4v) is 2.65. The van der Waals surface area contributed by atoms with E-state index in [9.17, 15) is 4.79 Å². The molecule has 0 radical (unpaired) electrons. The van der Waals surface area contributed by atoms with Gasteiger partial charge in [-0.2, -0.15) is 0 Å². The van der Waals surface area contributed by atoms with Gasteiger partial charge in [0.25, 0.3) is 0 Å². The van der Waals surface area contributed by atoms with E-state index in [0.29, 0.717) is 15.7 Å². The number of nitrogens with one attached hydrogen (secondary N) is 1. The Kier molecular flexibility index (Phi) is 3.45. The van der Waals surface area contributed by atoms with Gasteiger partial charge in [0.2, 0.25) is 5.91 Å². The van der Waals surface area contributed by atoms with Gasteiger partial charge >= 0.3 is 0 Å². The first-order valence-electron chi connectivity index (χ1n) is 6.44. The van der Waals surface area contributed by atoms with E-state index in [0.717, 1.165) is 18.4 Å². The van der Waals surface area contributed by atoms with E-state index in [4.69, 9.17) is 23.2 Å². The molecule has 0 heterocycles. The van der Waals surface area contributed by atoms with Gasteiger partial charge in [-0.1, -0.05) is 47.5 Å². The number of hydrogen-bond acceptors (Lipinski definition) is 1. The largest absolute Gasteiger partial charge is 0.324 e. The van der Waals surface area contributed by atoms with Crippen molar-refractivity contribution in [3.05, 3.63) is 64.1 Å². The summed E-state index contributed by atoms with van der Waals surface area (Å²) in [5.74, 6) is -0.00655. The number of benzene rings is 2. The summed E-state index contributed by atoms with van der Waals surface area (Å²) in [6, 6.07) is 14.7. The maximum Gasteiger partial charge on any atom is 0.235 e. The highest BCUT2D eigenvalue weighted by molar-refractivity contribution is 6.33. The minimum atomic E-state index is -0.427. The standard InChI is InChI=1S/C16H13Cl2NO/c17-12-7-5-11(6-8-12)16(9-10-16)15(20)19-14-4-2-1-3-13(14)18/h1-8H,9-10H2,(H,19,20). The Hall–Kier alpha value is -1.51. The van der Waals surface area contributed by atoms with E-state index in [1.165, 1.54) is 0 Å². The second kappa shape index (κ2) is 5.12. The van der Waals surface area contributed by atoms with Crippen molar-refractivity contribution < 1.29 is 4.79 Å². The van der Waals surface area contributed by atoms with Crippen molar-refractivity contribution in [3.63, 3.8) is 0 Å². The van der Waals surface area contributed by atoms with E-state index in [1.54, 1.807) is 12.1 Å². The molecule has 3 rings (SSSR count). The van der Waals surface area contributed by atoms with E-state index >= 15 is 0 Å². The minimum absolute atomic E-state index is 0.00655. The third-order valence-corrected chi connectivity index (χ3v) is 4.29. The Morgan fingerprint density at radius 1 is 1.00 bits per heavy atom. The SMILES string of the molecule is O=C(Nc1ccccc1Cl)C1(c2ccc(Cl)cc2)CC1. The Bertz CT molecular complexity index is 648. The van der Waals surface area contributed by atoms with Crippen LogP contribution >= 0.6 is 23.2 Å². The summed E-state index contributed by atoms with van der Waals surface area (Å²) in [5, 5.41) is 4.15. The maximum absolute atomic E-state index is 12.5. The fourth-order valence-electron chi connectivity index (χ4n) is 2.35. The normalized spacial score (nSPS) is 15.7. The first-order valence-corrected chi connectivity index (χ1v) is 7.19. The number of amides is 1. The summed E-state index contributed by atoms with van der Waals surface area (Å²) in [4.78, 5) is 12.5. The highest BCUT2D eigenvalue weighted by atomic mass is 35.5. The predicted molar refractivity (Wildman–Crippen MR) is 82.4 cm³/mol. The van der Waals surface area contributed by atoms with Crippen LogP contribution in [0.15, 0.2) is 48.5 Å². The number of halogens is 2. The van der Waals surface area contributed by atoms with E-state index in [-0.39, 0.29) is 5.91 Å². The van der Waals surface area contributed by atoms with Gasteiger partial charge in [0.1, 0.15) is 0 Å². The molecule has 4 heteroatoms. The summed E-state index contributed by atoms with van der Waals surface area (Å²) in [6.07, 6.45) is 1.70. The number of para-hydroxylation sites is 1. The molecular formula is C16H13Cl2NO. The second-order valence-electron chi connectivity index (χ2n) is 5.02. The molecule has 1 fully saturated rings. The minimum Gasteiger partial charge on any atom is -0.324 e. The monoisotopic (exact) mass is 305 g/mol. The van der Waals surface area contributed by atoms with Crippen LogP contribution < -0.4 is 5.32 Å². The van der Waals surface area contributed by atoms with E-state index in [2.05, 4.69) is 5.32 Å². The smallest absolute Gasteiger partial charge is 0.235 e. The maximum atomic E-state index is 12.5. The molecule has 102 valence electrons. The summed E-state index contributed by atoms with van der Waals surface area (Å²) in [5.41, 5.74) is 1.23. The lowest BCUT2D eigenvalue weighted by atomic mass is 9.95. The highest BCUT2D eigenvalue weighted by Crippen LogP contribution is 2.49. The summed E-state index contributed by atoms with van der Waals surface area (Å²) >= 11 is 12.0. The van der Waals surface area contributed by atoms with Gasteiger partial charge < -0.3 is 5.32 Å². The number of hydrogen-bond donors (Lipinski definition) is 1. The number of anilines is 1. The molecule has 0 aromatic heterocycles. The highest BCUT2D eigenvalue weighted by Gasteiger charge is 2.51. The number of carbonyl (C=O) groups is 1. The topological polar surface area (TPSA) is 29.1 Å². The Labute approximate surface area is 127 Å².